The molecule has 0 aliphatic heterocycles. The molecule has 21 heavy (non-hydrogen) atoms. The largest absolute Gasteiger partial charge is 0.349 e. The third kappa shape index (κ3) is 5.85. The summed E-state index contributed by atoms with van der Waals surface area (Å²) >= 11 is 0. The molecule has 0 aliphatic rings. The summed E-state index contributed by atoms with van der Waals surface area (Å²) in [5, 5.41) is 8.05. The van der Waals surface area contributed by atoms with E-state index >= 15 is 0 Å². The van der Waals surface area contributed by atoms with Gasteiger partial charge in [-0.25, -0.2) is 13.6 Å². The van der Waals surface area contributed by atoms with Crippen LogP contribution in [0.2, 0.25) is 0 Å². The molecule has 0 spiro atoms. The third-order valence-electron chi connectivity index (χ3n) is 3.30. The second-order valence-corrected chi connectivity index (χ2v) is 6.74. The maximum absolute atomic E-state index is 12.2. The van der Waals surface area contributed by atoms with E-state index in [1.54, 1.807) is 6.07 Å². The summed E-state index contributed by atoms with van der Waals surface area (Å²) in [7, 11) is -3.79. The number of hydrogen-bond donors (Lipinski definition) is 2. The van der Waals surface area contributed by atoms with Crippen molar-refractivity contribution in [2.75, 3.05) is 0 Å². The number of nitrogens with two attached hydrogens (primary N) is 1. The Hall–Kier alpha value is -1.40. The van der Waals surface area contributed by atoms with E-state index in [9.17, 15) is 13.2 Å². The highest BCUT2D eigenvalue weighted by Crippen LogP contribution is 2.12. The Morgan fingerprint density at radius 2 is 1.95 bits per heavy atom. The summed E-state index contributed by atoms with van der Waals surface area (Å²) in [5.41, 5.74) is 0.319. The molecule has 0 heterocycles. The molecule has 1 amide bonds. The molecule has 3 N–H and O–H groups in total. The molecule has 0 aliphatic carbocycles. The zero-order valence-corrected chi connectivity index (χ0v) is 13.4. The Kier molecular flexibility index (Phi) is 6.84. The number of nitrogens with one attached hydrogen (secondary N) is 1. The Balaban J connectivity index is 2.82. The number of amides is 1. The van der Waals surface area contributed by atoms with Gasteiger partial charge >= 0.3 is 0 Å². The van der Waals surface area contributed by atoms with Crippen LogP contribution in [0.1, 0.15) is 56.3 Å². The summed E-state index contributed by atoms with van der Waals surface area (Å²) in [6.45, 7) is 4.19. The van der Waals surface area contributed by atoms with Gasteiger partial charge in [0.25, 0.3) is 5.91 Å². The van der Waals surface area contributed by atoms with Crippen molar-refractivity contribution < 1.29 is 13.2 Å². The molecule has 6 heteroatoms. The topological polar surface area (TPSA) is 89.3 Å². The molecule has 0 saturated heterocycles. The van der Waals surface area contributed by atoms with Crippen LogP contribution in [0, 0.1) is 0 Å². The van der Waals surface area contributed by atoms with E-state index in [0.29, 0.717) is 5.56 Å². The van der Waals surface area contributed by atoms with Gasteiger partial charge in [-0.05, 0) is 31.0 Å². The quantitative estimate of drug-likeness (QED) is 0.772. The molecule has 1 rings (SSSR count). The predicted molar refractivity (Wildman–Crippen MR) is 83.5 cm³/mol. The van der Waals surface area contributed by atoms with E-state index in [1.807, 2.05) is 0 Å². The molecule has 1 aromatic rings. The molecule has 0 aromatic heterocycles. The lowest BCUT2D eigenvalue weighted by Gasteiger charge is -2.18. The minimum atomic E-state index is -3.79. The van der Waals surface area contributed by atoms with Gasteiger partial charge in [-0.3, -0.25) is 4.79 Å². The average molecular weight is 312 g/mol. The van der Waals surface area contributed by atoms with E-state index in [4.69, 9.17) is 5.14 Å². The van der Waals surface area contributed by atoms with Crippen LogP contribution in [0.4, 0.5) is 0 Å². The summed E-state index contributed by atoms with van der Waals surface area (Å²) in [4.78, 5) is 12.2. The lowest BCUT2D eigenvalue weighted by Crippen LogP contribution is -2.34. The second kappa shape index (κ2) is 8.14. The SMILES string of the molecule is CCCCC(CCC)NC(=O)c1cccc(S(N)(=O)=O)c1. The number of primary sulfonamides is 1. The van der Waals surface area contributed by atoms with Crippen molar-refractivity contribution >= 4 is 15.9 Å². The van der Waals surface area contributed by atoms with Gasteiger partial charge in [-0.2, -0.15) is 0 Å². The fourth-order valence-corrected chi connectivity index (χ4v) is 2.73. The first kappa shape index (κ1) is 17.7. The van der Waals surface area contributed by atoms with Crippen molar-refractivity contribution in [1.82, 2.24) is 5.32 Å². The van der Waals surface area contributed by atoms with Gasteiger partial charge in [0, 0.05) is 11.6 Å². The summed E-state index contributed by atoms with van der Waals surface area (Å²) in [6, 6.07) is 5.93. The lowest BCUT2D eigenvalue weighted by molar-refractivity contribution is 0.0932. The van der Waals surface area contributed by atoms with E-state index in [1.165, 1.54) is 18.2 Å². The molecule has 0 saturated carbocycles. The molecule has 5 nitrogen and oxygen atoms in total. The highest BCUT2D eigenvalue weighted by atomic mass is 32.2. The first-order valence-corrected chi connectivity index (χ1v) is 8.86. The molecule has 1 unspecified atom stereocenters. The highest BCUT2D eigenvalue weighted by Gasteiger charge is 2.15. The number of carbonyl (C=O) groups is 1. The Morgan fingerprint density at radius 3 is 2.52 bits per heavy atom. The van der Waals surface area contributed by atoms with Crippen LogP contribution in [0.15, 0.2) is 29.2 Å². The lowest BCUT2D eigenvalue weighted by atomic mass is 10.0. The maximum atomic E-state index is 12.2. The summed E-state index contributed by atoms with van der Waals surface area (Å²) < 4.78 is 22.6. The number of carbonyl (C=O) groups excluding carboxylic acids is 1. The van der Waals surface area contributed by atoms with Gasteiger partial charge in [0.15, 0.2) is 0 Å². The first-order chi connectivity index (χ1) is 9.88. The molecule has 1 aromatic carbocycles. The van der Waals surface area contributed by atoms with Crippen LogP contribution < -0.4 is 10.5 Å². The molecule has 0 radical (unpaired) electrons. The Bertz CT molecular complexity index is 570. The second-order valence-electron chi connectivity index (χ2n) is 5.17. The van der Waals surface area contributed by atoms with Gasteiger partial charge in [0.2, 0.25) is 10.0 Å². The van der Waals surface area contributed by atoms with Gasteiger partial charge in [-0.1, -0.05) is 39.2 Å². The average Bonchev–Trinajstić information content (AvgIpc) is 2.44. The predicted octanol–water partition coefficient (Wildman–Crippen LogP) is 2.42. The number of benzene rings is 1. The van der Waals surface area contributed by atoms with E-state index in [2.05, 4.69) is 19.2 Å². The van der Waals surface area contributed by atoms with Crippen molar-refractivity contribution in [2.45, 2.75) is 56.9 Å². The van der Waals surface area contributed by atoms with Crippen molar-refractivity contribution in [3.05, 3.63) is 29.8 Å². The van der Waals surface area contributed by atoms with Crippen molar-refractivity contribution in [1.29, 1.82) is 0 Å². The normalized spacial score (nSPS) is 12.9. The van der Waals surface area contributed by atoms with Crippen LogP contribution in [0.25, 0.3) is 0 Å². The van der Waals surface area contributed by atoms with E-state index in [-0.39, 0.29) is 16.8 Å². The van der Waals surface area contributed by atoms with Gasteiger partial charge in [0.05, 0.1) is 4.90 Å². The number of rotatable bonds is 8. The minimum Gasteiger partial charge on any atom is -0.349 e. The molecular weight excluding hydrogens is 288 g/mol. The number of hydrogen-bond acceptors (Lipinski definition) is 3. The van der Waals surface area contributed by atoms with Gasteiger partial charge < -0.3 is 5.32 Å². The summed E-state index contributed by atoms with van der Waals surface area (Å²) in [6.07, 6.45) is 4.98. The number of sulfonamides is 1. The molecule has 0 fully saturated rings. The standard InChI is InChI=1S/C15H24N2O3S/c1-3-5-9-13(7-4-2)17-15(18)12-8-6-10-14(11-12)21(16,19)20/h6,8,10-11,13H,3-5,7,9H2,1-2H3,(H,17,18)(H2,16,19,20). The fraction of sp³-hybridized carbons (Fsp3) is 0.533. The highest BCUT2D eigenvalue weighted by molar-refractivity contribution is 7.89. The van der Waals surface area contributed by atoms with Gasteiger partial charge in [0.1, 0.15) is 0 Å². The zero-order chi connectivity index (χ0) is 15.9. The molecular formula is C15H24N2O3S. The van der Waals surface area contributed by atoms with Crippen molar-refractivity contribution in [2.24, 2.45) is 5.14 Å². The van der Waals surface area contributed by atoms with E-state index in [0.717, 1.165) is 32.1 Å². The number of unbranched alkanes of at least 4 members (excludes halogenated alkanes) is 1. The van der Waals surface area contributed by atoms with Crippen molar-refractivity contribution in [3.8, 4) is 0 Å². The maximum Gasteiger partial charge on any atom is 0.251 e. The molecule has 118 valence electrons. The Morgan fingerprint density at radius 1 is 1.24 bits per heavy atom. The van der Waals surface area contributed by atoms with Crippen LogP contribution in [-0.4, -0.2) is 20.4 Å². The van der Waals surface area contributed by atoms with Gasteiger partial charge in [-0.15, -0.1) is 0 Å². The van der Waals surface area contributed by atoms with Crippen LogP contribution in [0.3, 0.4) is 0 Å². The third-order valence-corrected chi connectivity index (χ3v) is 4.21. The monoisotopic (exact) mass is 312 g/mol. The fourth-order valence-electron chi connectivity index (χ4n) is 2.17. The molecule has 0 bridgehead atoms. The molecule has 1 atom stereocenters. The van der Waals surface area contributed by atoms with Crippen molar-refractivity contribution in [3.63, 3.8) is 0 Å². The zero-order valence-electron chi connectivity index (χ0n) is 12.6. The van der Waals surface area contributed by atoms with Crippen LogP contribution in [-0.2, 0) is 10.0 Å². The first-order valence-electron chi connectivity index (χ1n) is 7.32. The van der Waals surface area contributed by atoms with Crippen LogP contribution in [0.5, 0.6) is 0 Å². The Labute approximate surface area is 127 Å². The van der Waals surface area contributed by atoms with Crippen LogP contribution >= 0.6 is 0 Å². The smallest absolute Gasteiger partial charge is 0.251 e. The van der Waals surface area contributed by atoms with E-state index < -0.39 is 10.0 Å². The summed E-state index contributed by atoms with van der Waals surface area (Å²) in [5.74, 6) is -0.255. The minimum absolute atomic E-state index is 0.0456.